The highest BCUT2D eigenvalue weighted by molar-refractivity contribution is 7.92. The Morgan fingerprint density at radius 1 is 0.957 bits per heavy atom. The van der Waals surface area contributed by atoms with Crippen molar-refractivity contribution in [2.24, 2.45) is 0 Å². The number of hydrogen-bond acceptors (Lipinski definition) is 2. The number of anilines is 1. The van der Waals surface area contributed by atoms with Crippen LogP contribution in [0.1, 0.15) is 5.56 Å². The molecular formula is C13H7ClF5NO2S. The SMILES string of the molecule is O=S(=O)(Nc1ccc(Cl)cc1C(F)(F)F)c1ccc(F)c(F)c1. The largest absolute Gasteiger partial charge is 0.418 e. The van der Waals surface area contributed by atoms with E-state index < -0.39 is 44.0 Å². The molecule has 0 aliphatic heterocycles. The molecule has 0 saturated heterocycles. The van der Waals surface area contributed by atoms with Crippen LogP contribution in [0.3, 0.4) is 0 Å². The Bertz CT molecular complexity index is 852. The fourth-order valence-electron chi connectivity index (χ4n) is 1.69. The summed E-state index contributed by atoms with van der Waals surface area (Å²) in [5, 5.41) is -0.243. The van der Waals surface area contributed by atoms with Crippen molar-refractivity contribution in [3.8, 4) is 0 Å². The molecule has 3 nitrogen and oxygen atoms in total. The molecule has 0 aliphatic rings. The number of rotatable bonds is 3. The first-order chi connectivity index (χ1) is 10.5. The number of alkyl halides is 3. The lowest BCUT2D eigenvalue weighted by atomic mass is 10.2. The van der Waals surface area contributed by atoms with Crippen LogP contribution in [0.15, 0.2) is 41.3 Å². The lowest BCUT2D eigenvalue weighted by molar-refractivity contribution is -0.136. The smallest absolute Gasteiger partial charge is 0.279 e. The highest BCUT2D eigenvalue weighted by Crippen LogP contribution is 2.37. The van der Waals surface area contributed by atoms with Crippen LogP contribution in [0.2, 0.25) is 5.02 Å². The van der Waals surface area contributed by atoms with Gasteiger partial charge in [0.2, 0.25) is 0 Å². The van der Waals surface area contributed by atoms with E-state index in [4.69, 9.17) is 11.6 Å². The van der Waals surface area contributed by atoms with E-state index in [0.29, 0.717) is 18.2 Å². The zero-order chi connectivity index (χ0) is 17.4. The molecule has 1 N–H and O–H groups in total. The minimum atomic E-state index is -4.86. The van der Waals surface area contributed by atoms with Crippen LogP contribution < -0.4 is 4.72 Å². The Kier molecular flexibility index (Phi) is 4.54. The van der Waals surface area contributed by atoms with E-state index in [1.807, 2.05) is 0 Å². The maximum absolute atomic E-state index is 13.1. The minimum Gasteiger partial charge on any atom is -0.279 e. The van der Waals surface area contributed by atoms with E-state index in [-0.39, 0.29) is 5.02 Å². The molecule has 0 atom stereocenters. The molecule has 0 spiro atoms. The number of hydrogen-bond donors (Lipinski definition) is 1. The van der Waals surface area contributed by atoms with Crippen LogP contribution in [-0.2, 0) is 16.2 Å². The Labute approximate surface area is 132 Å². The number of sulfonamides is 1. The van der Waals surface area contributed by atoms with Crippen LogP contribution in [0, 0.1) is 11.6 Å². The van der Waals surface area contributed by atoms with Gasteiger partial charge in [-0.05, 0) is 36.4 Å². The van der Waals surface area contributed by atoms with Crippen molar-refractivity contribution in [1.29, 1.82) is 0 Å². The first-order valence-corrected chi connectivity index (χ1v) is 7.71. The van der Waals surface area contributed by atoms with Gasteiger partial charge in [0.15, 0.2) is 11.6 Å². The summed E-state index contributed by atoms with van der Waals surface area (Å²) in [4.78, 5) is -0.723. The topological polar surface area (TPSA) is 46.2 Å². The predicted molar refractivity (Wildman–Crippen MR) is 73.6 cm³/mol. The lowest BCUT2D eigenvalue weighted by Crippen LogP contribution is -2.17. The van der Waals surface area contributed by atoms with E-state index >= 15 is 0 Å². The van der Waals surface area contributed by atoms with Gasteiger partial charge in [0.1, 0.15) is 0 Å². The maximum atomic E-state index is 13.1. The molecule has 2 aromatic rings. The second kappa shape index (κ2) is 5.97. The van der Waals surface area contributed by atoms with Crippen molar-refractivity contribution in [3.05, 3.63) is 58.6 Å². The fraction of sp³-hybridized carbons (Fsp3) is 0.0769. The molecule has 124 valence electrons. The number of halogens is 6. The molecule has 0 amide bonds. The van der Waals surface area contributed by atoms with Gasteiger partial charge in [0.05, 0.1) is 16.1 Å². The van der Waals surface area contributed by atoms with Gasteiger partial charge in [-0.2, -0.15) is 13.2 Å². The average Bonchev–Trinajstić information content (AvgIpc) is 2.42. The van der Waals surface area contributed by atoms with Crippen LogP contribution in [0.25, 0.3) is 0 Å². The Hall–Kier alpha value is -1.87. The van der Waals surface area contributed by atoms with E-state index in [1.165, 1.54) is 0 Å². The van der Waals surface area contributed by atoms with Crippen LogP contribution in [-0.4, -0.2) is 8.42 Å². The summed E-state index contributed by atoms with van der Waals surface area (Å²) in [5.74, 6) is -2.73. The zero-order valence-electron chi connectivity index (χ0n) is 11.0. The molecule has 0 saturated carbocycles. The van der Waals surface area contributed by atoms with Gasteiger partial charge in [-0.15, -0.1) is 0 Å². The summed E-state index contributed by atoms with van der Waals surface area (Å²) in [7, 11) is -4.55. The second-order valence-corrected chi connectivity index (χ2v) is 6.49. The molecular weight excluding hydrogens is 365 g/mol. The molecule has 0 aliphatic carbocycles. The Morgan fingerprint density at radius 3 is 2.17 bits per heavy atom. The van der Waals surface area contributed by atoms with Crippen molar-refractivity contribution in [3.63, 3.8) is 0 Å². The summed E-state index contributed by atoms with van der Waals surface area (Å²) < 4.78 is 90.4. The van der Waals surface area contributed by atoms with Crippen molar-refractivity contribution < 1.29 is 30.4 Å². The number of nitrogens with one attached hydrogen (secondary N) is 1. The first-order valence-electron chi connectivity index (χ1n) is 5.85. The highest BCUT2D eigenvalue weighted by Gasteiger charge is 2.35. The van der Waals surface area contributed by atoms with E-state index in [9.17, 15) is 30.4 Å². The van der Waals surface area contributed by atoms with Gasteiger partial charge in [0, 0.05) is 5.02 Å². The normalized spacial score (nSPS) is 12.3. The van der Waals surface area contributed by atoms with Crippen molar-refractivity contribution in [1.82, 2.24) is 0 Å². The van der Waals surface area contributed by atoms with E-state index in [0.717, 1.165) is 18.2 Å². The Morgan fingerprint density at radius 2 is 1.61 bits per heavy atom. The third-order valence-corrected chi connectivity index (χ3v) is 4.33. The van der Waals surface area contributed by atoms with Crippen molar-refractivity contribution >= 4 is 27.3 Å². The fourth-order valence-corrected chi connectivity index (χ4v) is 2.95. The number of benzene rings is 2. The van der Waals surface area contributed by atoms with E-state index in [1.54, 1.807) is 4.72 Å². The third kappa shape index (κ3) is 3.91. The molecule has 0 unspecified atom stereocenters. The van der Waals surface area contributed by atoms with E-state index in [2.05, 4.69) is 0 Å². The standard InChI is InChI=1S/C13H7ClF5NO2S/c14-7-1-4-12(9(5-7)13(17,18)19)20-23(21,22)8-2-3-10(15)11(16)6-8/h1-6,20H. The average molecular weight is 372 g/mol. The molecule has 23 heavy (non-hydrogen) atoms. The monoisotopic (exact) mass is 371 g/mol. The lowest BCUT2D eigenvalue weighted by Gasteiger charge is -2.15. The molecule has 0 bridgehead atoms. The summed E-state index contributed by atoms with van der Waals surface area (Å²) >= 11 is 5.48. The zero-order valence-corrected chi connectivity index (χ0v) is 12.5. The highest BCUT2D eigenvalue weighted by atomic mass is 35.5. The molecule has 2 rings (SSSR count). The summed E-state index contributed by atoms with van der Waals surface area (Å²) in [5.41, 5.74) is -2.09. The third-order valence-electron chi connectivity index (χ3n) is 2.73. The summed E-state index contributed by atoms with van der Waals surface area (Å²) in [6.07, 6.45) is -4.86. The summed E-state index contributed by atoms with van der Waals surface area (Å²) in [6, 6.07) is 4.06. The molecule has 0 aromatic heterocycles. The maximum Gasteiger partial charge on any atom is 0.418 e. The van der Waals surface area contributed by atoms with Crippen molar-refractivity contribution in [2.75, 3.05) is 4.72 Å². The van der Waals surface area contributed by atoms with Gasteiger partial charge in [-0.1, -0.05) is 11.6 Å². The quantitative estimate of drug-likeness (QED) is 0.811. The molecule has 2 aromatic carbocycles. The van der Waals surface area contributed by atoms with Crippen LogP contribution in [0.5, 0.6) is 0 Å². The van der Waals surface area contributed by atoms with Gasteiger partial charge in [-0.3, -0.25) is 4.72 Å². The molecule has 10 heteroatoms. The first kappa shape index (κ1) is 17.5. The Balaban J connectivity index is 2.47. The molecule has 0 heterocycles. The molecule has 0 radical (unpaired) electrons. The van der Waals surface area contributed by atoms with Gasteiger partial charge in [0.25, 0.3) is 10.0 Å². The van der Waals surface area contributed by atoms with Gasteiger partial charge < -0.3 is 0 Å². The minimum absolute atomic E-state index is 0.243. The summed E-state index contributed by atoms with van der Waals surface area (Å²) in [6.45, 7) is 0. The molecule has 0 fully saturated rings. The predicted octanol–water partition coefficient (Wildman–Crippen LogP) is 4.44. The van der Waals surface area contributed by atoms with Crippen molar-refractivity contribution in [2.45, 2.75) is 11.1 Å². The van der Waals surface area contributed by atoms with Crippen LogP contribution >= 0.6 is 11.6 Å². The van der Waals surface area contributed by atoms with Gasteiger partial charge >= 0.3 is 6.18 Å². The van der Waals surface area contributed by atoms with Gasteiger partial charge in [-0.25, -0.2) is 17.2 Å². The second-order valence-electron chi connectivity index (χ2n) is 4.37. The van der Waals surface area contributed by atoms with Crippen LogP contribution in [0.4, 0.5) is 27.6 Å².